The molecule has 2 amide bonds. The van der Waals surface area contributed by atoms with E-state index >= 15 is 0 Å². The lowest BCUT2D eigenvalue weighted by Crippen LogP contribution is -2.40. The average molecular weight is 272 g/mol. The van der Waals surface area contributed by atoms with Crippen LogP contribution in [-0.4, -0.2) is 36.3 Å². The number of rotatable bonds is 2. The topological polar surface area (TPSA) is 40.6 Å². The largest absolute Gasteiger partial charge is 0.342 e. The van der Waals surface area contributed by atoms with Crippen LogP contribution >= 0.6 is 0 Å². The fourth-order valence-corrected chi connectivity index (χ4v) is 3.23. The summed E-state index contributed by atoms with van der Waals surface area (Å²) in [5.41, 5.74) is 2.27. The van der Waals surface area contributed by atoms with Crippen LogP contribution in [-0.2, 0) is 16.0 Å². The Bertz CT molecular complexity index is 541. The summed E-state index contributed by atoms with van der Waals surface area (Å²) < 4.78 is 0. The van der Waals surface area contributed by atoms with Gasteiger partial charge in [0.2, 0.25) is 11.8 Å². The van der Waals surface area contributed by atoms with Gasteiger partial charge in [0.05, 0.1) is 5.92 Å². The smallest absolute Gasteiger partial charge is 0.232 e. The number of nitrogens with zero attached hydrogens (tertiary/aromatic N) is 2. The summed E-state index contributed by atoms with van der Waals surface area (Å²) in [4.78, 5) is 28.2. The molecule has 0 aliphatic carbocycles. The first kappa shape index (κ1) is 13.2. The van der Waals surface area contributed by atoms with Gasteiger partial charge >= 0.3 is 0 Å². The number of benzene rings is 1. The van der Waals surface area contributed by atoms with E-state index in [1.165, 1.54) is 5.56 Å². The number of hydrogen-bond acceptors (Lipinski definition) is 2. The fourth-order valence-electron chi connectivity index (χ4n) is 3.23. The van der Waals surface area contributed by atoms with Crippen LogP contribution in [0.2, 0.25) is 0 Å². The summed E-state index contributed by atoms with van der Waals surface area (Å²) in [7, 11) is 0. The number of para-hydroxylation sites is 1. The van der Waals surface area contributed by atoms with Gasteiger partial charge in [0, 0.05) is 31.7 Å². The third kappa shape index (κ3) is 2.19. The minimum atomic E-state index is -0.173. The van der Waals surface area contributed by atoms with Crippen molar-refractivity contribution < 1.29 is 9.59 Å². The van der Waals surface area contributed by atoms with Crippen LogP contribution in [0.1, 0.15) is 25.3 Å². The molecule has 0 spiro atoms. The van der Waals surface area contributed by atoms with E-state index in [0.29, 0.717) is 19.5 Å². The Morgan fingerprint density at radius 2 is 2.15 bits per heavy atom. The molecule has 0 saturated carbocycles. The lowest BCUT2D eigenvalue weighted by atomic mass is 9.99. The Morgan fingerprint density at radius 3 is 2.90 bits per heavy atom. The molecule has 0 N–H and O–H groups in total. The van der Waals surface area contributed by atoms with Crippen LogP contribution in [0.3, 0.4) is 0 Å². The van der Waals surface area contributed by atoms with Crippen LogP contribution in [0.15, 0.2) is 24.3 Å². The summed E-state index contributed by atoms with van der Waals surface area (Å²) in [6.07, 6.45) is 2.40. The number of amides is 2. The first-order valence-corrected chi connectivity index (χ1v) is 7.37. The standard InChI is InChI=1S/C16H20N2O2/c1-2-17-11-13(10-15(17)19)16(20)18-9-5-7-12-6-3-4-8-14(12)18/h3-4,6,8,13H,2,5,7,9-11H2,1H3/t13-/m0/s1. The monoisotopic (exact) mass is 272 g/mol. The minimum Gasteiger partial charge on any atom is -0.342 e. The van der Waals surface area contributed by atoms with Gasteiger partial charge in [-0.2, -0.15) is 0 Å². The highest BCUT2D eigenvalue weighted by molar-refractivity contribution is 5.99. The van der Waals surface area contributed by atoms with Crippen molar-refractivity contribution in [3.63, 3.8) is 0 Å². The molecule has 2 aliphatic heterocycles. The van der Waals surface area contributed by atoms with Crippen LogP contribution in [0.5, 0.6) is 0 Å². The summed E-state index contributed by atoms with van der Waals surface area (Å²) in [6.45, 7) is 4.00. The van der Waals surface area contributed by atoms with Crippen molar-refractivity contribution in [2.24, 2.45) is 5.92 Å². The highest BCUT2D eigenvalue weighted by Crippen LogP contribution is 2.30. The Balaban J connectivity index is 1.81. The van der Waals surface area contributed by atoms with Crippen LogP contribution in [0.25, 0.3) is 0 Å². The Morgan fingerprint density at radius 1 is 1.35 bits per heavy atom. The number of carbonyl (C=O) groups excluding carboxylic acids is 2. The van der Waals surface area contributed by atoms with Crippen LogP contribution in [0, 0.1) is 5.92 Å². The molecule has 20 heavy (non-hydrogen) atoms. The van der Waals surface area contributed by atoms with Crippen molar-refractivity contribution in [3.8, 4) is 0 Å². The third-order valence-electron chi connectivity index (χ3n) is 4.32. The summed E-state index contributed by atoms with van der Waals surface area (Å²) in [5.74, 6) is 0.0474. The highest BCUT2D eigenvalue weighted by Gasteiger charge is 2.37. The summed E-state index contributed by atoms with van der Waals surface area (Å²) in [6, 6.07) is 8.10. The van der Waals surface area contributed by atoms with E-state index in [-0.39, 0.29) is 17.7 Å². The maximum atomic E-state index is 12.7. The molecule has 0 radical (unpaired) electrons. The van der Waals surface area contributed by atoms with Crippen molar-refractivity contribution in [2.75, 3.05) is 24.5 Å². The number of carbonyl (C=O) groups is 2. The molecule has 2 heterocycles. The van der Waals surface area contributed by atoms with Gasteiger partial charge in [-0.25, -0.2) is 0 Å². The average Bonchev–Trinajstić information content (AvgIpc) is 2.87. The Labute approximate surface area is 119 Å². The van der Waals surface area contributed by atoms with Gasteiger partial charge in [-0.15, -0.1) is 0 Å². The second kappa shape index (κ2) is 5.27. The van der Waals surface area contributed by atoms with Crippen molar-refractivity contribution in [1.82, 2.24) is 4.90 Å². The molecule has 106 valence electrons. The van der Waals surface area contributed by atoms with Crippen molar-refractivity contribution in [3.05, 3.63) is 29.8 Å². The molecule has 2 aliphatic rings. The maximum Gasteiger partial charge on any atom is 0.232 e. The lowest BCUT2D eigenvalue weighted by molar-refractivity contribution is -0.128. The van der Waals surface area contributed by atoms with E-state index in [0.717, 1.165) is 25.1 Å². The zero-order valence-corrected chi connectivity index (χ0v) is 11.8. The van der Waals surface area contributed by atoms with Gasteiger partial charge in [0.25, 0.3) is 0 Å². The molecule has 1 atom stereocenters. The molecular weight excluding hydrogens is 252 g/mol. The quantitative estimate of drug-likeness (QED) is 0.824. The van der Waals surface area contributed by atoms with Gasteiger partial charge in [-0.1, -0.05) is 18.2 Å². The van der Waals surface area contributed by atoms with E-state index in [2.05, 4.69) is 6.07 Å². The molecule has 1 aromatic rings. The molecule has 4 nitrogen and oxygen atoms in total. The second-order valence-electron chi connectivity index (χ2n) is 5.56. The molecule has 1 saturated heterocycles. The van der Waals surface area contributed by atoms with Gasteiger partial charge in [0.15, 0.2) is 0 Å². The lowest BCUT2D eigenvalue weighted by Gasteiger charge is -2.31. The van der Waals surface area contributed by atoms with Gasteiger partial charge in [0.1, 0.15) is 0 Å². The van der Waals surface area contributed by atoms with E-state index in [4.69, 9.17) is 0 Å². The van der Waals surface area contributed by atoms with Crippen molar-refractivity contribution in [2.45, 2.75) is 26.2 Å². The molecule has 3 rings (SSSR count). The summed E-state index contributed by atoms with van der Waals surface area (Å²) >= 11 is 0. The minimum absolute atomic E-state index is 0.108. The summed E-state index contributed by atoms with van der Waals surface area (Å²) in [5, 5.41) is 0. The molecule has 0 unspecified atom stereocenters. The Hall–Kier alpha value is -1.84. The number of hydrogen-bond donors (Lipinski definition) is 0. The van der Waals surface area contributed by atoms with E-state index in [1.807, 2.05) is 30.0 Å². The molecule has 0 bridgehead atoms. The zero-order valence-electron chi connectivity index (χ0n) is 11.8. The predicted octanol–water partition coefficient (Wildman–Crippen LogP) is 1.83. The molecule has 4 heteroatoms. The van der Waals surface area contributed by atoms with Crippen molar-refractivity contribution in [1.29, 1.82) is 0 Å². The normalized spacial score (nSPS) is 22.1. The van der Waals surface area contributed by atoms with E-state index in [9.17, 15) is 9.59 Å². The van der Waals surface area contributed by atoms with Crippen LogP contribution in [0.4, 0.5) is 5.69 Å². The first-order chi connectivity index (χ1) is 9.70. The molecule has 1 aromatic carbocycles. The Kier molecular flexibility index (Phi) is 3.47. The third-order valence-corrected chi connectivity index (χ3v) is 4.32. The van der Waals surface area contributed by atoms with Gasteiger partial charge in [-0.05, 0) is 31.4 Å². The molecule has 1 fully saturated rings. The van der Waals surface area contributed by atoms with E-state index in [1.54, 1.807) is 4.90 Å². The predicted molar refractivity (Wildman–Crippen MR) is 77.5 cm³/mol. The van der Waals surface area contributed by atoms with Gasteiger partial charge in [-0.3, -0.25) is 9.59 Å². The SMILES string of the molecule is CCN1C[C@@H](C(=O)N2CCCc3ccccc32)CC1=O. The van der Waals surface area contributed by atoms with Gasteiger partial charge < -0.3 is 9.80 Å². The fraction of sp³-hybridized carbons (Fsp3) is 0.500. The molecular formula is C16H20N2O2. The number of anilines is 1. The second-order valence-corrected chi connectivity index (χ2v) is 5.56. The number of likely N-dealkylation sites (tertiary alicyclic amines) is 1. The van der Waals surface area contributed by atoms with E-state index < -0.39 is 0 Å². The number of aryl methyl sites for hydroxylation is 1. The van der Waals surface area contributed by atoms with Crippen molar-refractivity contribution >= 4 is 17.5 Å². The number of fused-ring (bicyclic) bond motifs is 1. The zero-order chi connectivity index (χ0) is 14.1. The maximum absolute atomic E-state index is 12.7. The highest BCUT2D eigenvalue weighted by atomic mass is 16.2. The molecule has 0 aromatic heterocycles. The van der Waals surface area contributed by atoms with Crippen LogP contribution < -0.4 is 4.90 Å². The first-order valence-electron chi connectivity index (χ1n) is 7.37.